The van der Waals surface area contributed by atoms with E-state index < -0.39 is 38.0 Å². The molecule has 1 aromatic heterocycles. The van der Waals surface area contributed by atoms with Crippen LogP contribution in [-0.4, -0.2) is 55.8 Å². The van der Waals surface area contributed by atoms with Gasteiger partial charge in [0.2, 0.25) is 5.91 Å². The number of carbonyl (C=O) groups excluding carboxylic acids is 2. The van der Waals surface area contributed by atoms with Crippen molar-refractivity contribution in [1.29, 1.82) is 0 Å². The Kier molecular flexibility index (Phi) is 12.2. The summed E-state index contributed by atoms with van der Waals surface area (Å²) in [7, 11) is -0.804. The number of nitrogens with zero attached hydrogens (tertiary/aromatic N) is 2. The number of ether oxygens (including phenoxy) is 1. The zero-order valence-electron chi connectivity index (χ0n) is 25.1. The molecule has 0 aliphatic heterocycles. The van der Waals surface area contributed by atoms with Crippen LogP contribution in [-0.2, 0) is 16.1 Å². The highest BCUT2D eigenvalue weighted by molar-refractivity contribution is 6.55. The van der Waals surface area contributed by atoms with Crippen LogP contribution < -0.4 is 5.32 Å². The summed E-state index contributed by atoms with van der Waals surface area (Å²) in [5.74, 6) is -1.54. The van der Waals surface area contributed by atoms with Gasteiger partial charge in [0.15, 0.2) is 0 Å². The Balaban J connectivity index is 1.95. The summed E-state index contributed by atoms with van der Waals surface area (Å²) in [4.78, 5) is 27.1. The van der Waals surface area contributed by atoms with E-state index >= 15 is 0 Å². The van der Waals surface area contributed by atoms with Gasteiger partial charge in [-0.3, -0.25) is 4.79 Å². The van der Waals surface area contributed by atoms with E-state index in [4.69, 9.17) is 16.3 Å². The van der Waals surface area contributed by atoms with E-state index in [1.54, 1.807) is 11.1 Å². The molecule has 10 heteroatoms. The molecule has 0 saturated heterocycles. The first kappa shape index (κ1) is 33.3. The lowest BCUT2D eigenvalue weighted by atomic mass is 9.83. The summed E-state index contributed by atoms with van der Waals surface area (Å²) in [6.45, 7) is 12.0. The molecule has 0 unspecified atom stereocenters. The van der Waals surface area contributed by atoms with E-state index in [0.717, 1.165) is 29.4 Å². The Labute approximate surface area is 254 Å². The molecule has 6 nitrogen and oxygen atoms in total. The number of carbonyl (C=O) groups is 2. The topological polar surface area (TPSA) is 63.6 Å². The third kappa shape index (κ3) is 9.42. The third-order valence-corrected chi connectivity index (χ3v) is 8.60. The van der Waals surface area contributed by atoms with E-state index in [-0.39, 0.29) is 17.4 Å². The van der Waals surface area contributed by atoms with Gasteiger partial charge in [0, 0.05) is 51.4 Å². The smallest absolute Gasteiger partial charge is 0.407 e. The normalized spacial score (nSPS) is 12.3. The Hall–Kier alpha value is -3.17. The predicted octanol–water partition coefficient (Wildman–Crippen LogP) is 7.24. The third-order valence-electron chi connectivity index (χ3n) is 6.99. The van der Waals surface area contributed by atoms with Gasteiger partial charge in [0.1, 0.15) is 17.5 Å². The Bertz CT molecular complexity index is 1330. The minimum atomic E-state index is -0.804. The molecule has 3 rings (SSSR count). The summed E-state index contributed by atoms with van der Waals surface area (Å²) < 4.78 is 36.3. The summed E-state index contributed by atoms with van der Waals surface area (Å²) in [5.41, 5.74) is 1.99. The molecule has 228 valence electrons. The summed E-state index contributed by atoms with van der Waals surface area (Å²) in [6.07, 6.45) is 1.82. The summed E-state index contributed by atoms with van der Waals surface area (Å²) in [6, 6.07) is 15.5. The zero-order chi connectivity index (χ0) is 30.9. The Morgan fingerprint density at radius 1 is 1.10 bits per heavy atom. The van der Waals surface area contributed by atoms with Crippen molar-refractivity contribution >= 4 is 32.4 Å². The van der Waals surface area contributed by atoms with Crippen LogP contribution in [0.3, 0.4) is 0 Å². The van der Waals surface area contributed by atoms with Crippen molar-refractivity contribution in [2.24, 2.45) is 5.41 Å². The maximum Gasteiger partial charge on any atom is 0.407 e. The number of hydrogen-bond donors (Lipinski definition) is 1. The van der Waals surface area contributed by atoms with Crippen LogP contribution in [0.2, 0.25) is 19.1 Å². The van der Waals surface area contributed by atoms with E-state index in [1.165, 1.54) is 6.07 Å². The average Bonchev–Trinajstić information content (AvgIpc) is 3.33. The molecule has 0 aliphatic carbocycles. The van der Waals surface area contributed by atoms with Crippen molar-refractivity contribution in [2.45, 2.75) is 58.9 Å². The highest BCUT2D eigenvalue weighted by atomic mass is 35.5. The molecular formula is C32H42ClF2N3O3Si. The zero-order valence-corrected chi connectivity index (χ0v) is 27.0. The second-order valence-corrected chi connectivity index (χ2v) is 15.6. The first-order valence-corrected chi connectivity index (χ1v) is 18.0. The molecule has 3 aromatic rings. The minimum Gasteiger partial charge on any atom is -0.450 e. The fourth-order valence-electron chi connectivity index (χ4n) is 4.96. The van der Waals surface area contributed by atoms with Crippen LogP contribution in [0, 0.1) is 17.0 Å². The van der Waals surface area contributed by atoms with Crippen LogP contribution in [0.4, 0.5) is 13.6 Å². The number of rotatable bonds is 13. The standard InChI is InChI=1S/C32H42ClF2N3O3Si/c1-32(2,3)30(38(29(39)20-33)15-9-14-36-31(40)41-16-17-42(4)5)28-18-24(26-19-25(34)12-13-27(26)35)22-37(28)21-23-10-7-6-8-11-23/h6-8,10-13,18-19,22,30,42H,9,14-17,20-21H2,1-5H3,(H,36,40)/t30-/m0/s1. The van der Waals surface area contributed by atoms with E-state index in [0.29, 0.717) is 38.2 Å². The van der Waals surface area contributed by atoms with E-state index in [2.05, 4.69) is 18.4 Å². The van der Waals surface area contributed by atoms with Gasteiger partial charge in [-0.2, -0.15) is 0 Å². The minimum absolute atomic E-state index is 0.147. The van der Waals surface area contributed by atoms with E-state index in [9.17, 15) is 18.4 Å². The average molecular weight is 618 g/mol. The molecule has 2 aromatic carbocycles. The number of alkyl carbamates (subject to hydrolysis) is 1. The molecule has 0 radical (unpaired) electrons. The van der Waals surface area contributed by atoms with Gasteiger partial charge in [-0.15, -0.1) is 11.6 Å². The van der Waals surface area contributed by atoms with Crippen molar-refractivity contribution in [1.82, 2.24) is 14.8 Å². The van der Waals surface area contributed by atoms with Gasteiger partial charge in [-0.25, -0.2) is 13.6 Å². The van der Waals surface area contributed by atoms with Gasteiger partial charge in [0.25, 0.3) is 0 Å². The van der Waals surface area contributed by atoms with Crippen LogP contribution >= 0.6 is 11.6 Å². The SMILES string of the molecule is C[SiH](C)CCOC(=O)NCCCN(C(=O)CCl)[C@@H](c1cc(-c2cc(F)ccc2F)cn1Cc1ccccc1)C(C)(C)C. The quantitative estimate of drug-likeness (QED) is 0.125. The summed E-state index contributed by atoms with van der Waals surface area (Å²) in [5, 5.41) is 2.77. The van der Waals surface area contributed by atoms with Crippen molar-refractivity contribution in [3.05, 3.63) is 83.7 Å². The second kappa shape index (κ2) is 15.3. The van der Waals surface area contributed by atoms with Crippen molar-refractivity contribution in [3.8, 4) is 11.1 Å². The lowest BCUT2D eigenvalue weighted by Crippen LogP contribution is -2.44. The maximum atomic E-state index is 14.9. The van der Waals surface area contributed by atoms with Crippen LogP contribution in [0.1, 0.15) is 44.5 Å². The summed E-state index contributed by atoms with van der Waals surface area (Å²) >= 11 is 6.11. The predicted molar refractivity (Wildman–Crippen MR) is 168 cm³/mol. The van der Waals surface area contributed by atoms with Gasteiger partial charge >= 0.3 is 6.09 Å². The van der Waals surface area contributed by atoms with Crippen LogP contribution in [0.15, 0.2) is 60.8 Å². The molecule has 1 heterocycles. The molecule has 0 saturated carbocycles. The number of hydrogen-bond acceptors (Lipinski definition) is 3. The first-order chi connectivity index (χ1) is 19.9. The largest absolute Gasteiger partial charge is 0.450 e. The molecule has 0 bridgehead atoms. The molecule has 0 aliphatic rings. The second-order valence-electron chi connectivity index (χ2n) is 12.0. The van der Waals surface area contributed by atoms with Crippen molar-refractivity contribution in [3.63, 3.8) is 0 Å². The number of alkyl halides is 1. The number of nitrogens with one attached hydrogen (secondary N) is 1. The van der Waals surface area contributed by atoms with Crippen molar-refractivity contribution in [2.75, 3.05) is 25.6 Å². The molecule has 1 N–H and O–H groups in total. The van der Waals surface area contributed by atoms with Crippen LogP contribution in [0.5, 0.6) is 0 Å². The fraction of sp³-hybridized carbons (Fsp3) is 0.438. The van der Waals surface area contributed by atoms with Gasteiger partial charge in [-0.05, 0) is 47.7 Å². The van der Waals surface area contributed by atoms with Crippen LogP contribution in [0.25, 0.3) is 11.1 Å². The number of amides is 2. The molecule has 1 atom stereocenters. The lowest BCUT2D eigenvalue weighted by molar-refractivity contribution is -0.133. The number of aromatic nitrogens is 1. The lowest BCUT2D eigenvalue weighted by Gasteiger charge is -2.41. The fourth-order valence-corrected chi connectivity index (χ4v) is 5.71. The maximum absolute atomic E-state index is 14.9. The van der Waals surface area contributed by atoms with E-state index in [1.807, 2.05) is 61.7 Å². The van der Waals surface area contributed by atoms with Gasteiger partial charge in [0.05, 0.1) is 12.6 Å². The molecule has 2 amide bonds. The first-order valence-electron chi connectivity index (χ1n) is 14.4. The number of halogens is 3. The highest BCUT2D eigenvalue weighted by Crippen LogP contribution is 2.41. The number of benzene rings is 2. The highest BCUT2D eigenvalue weighted by Gasteiger charge is 2.37. The van der Waals surface area contributed by atoms with Crippen molar-refractivity contribution < 1.29 is 23.1 Å². The molecule has 42 heavy (non-hydrogen) atoms. The molecule has 0 fully saturated rings. The Morgan fingerprint density at radius 2 is 1.81 bits per heavy atom. The monoisotopic (exact) mass is 617 g/mol. The molecular weight excluding hydrogens is 576 g/mol. The van der Waals surface area contributed by atoms with Gasteiger partial charge in [-0.1, -0.05) is 64.2 Å². The Morgan fingerprint density at radius 3 is 2.45 bits per heavy atom. The van der Waals surface area contributed by atoms with Gasteiger partial charge < -0.3 is 19.5 Å². The molecule has 0 spiro atoms.